The van der Waals surface area contributed by atoms with E-state index in [0.717, 1.165) is 0 Å². The maximum Gasteiger partial charge on any atom is 0.410 e. The van der Waals surface area contributed by atoms with Crippen LogP contribution in [0.4, 0.5) is 4.79 Å². The Kier molecular flexibility index (Phi) is 3.90. The van der Waals surface area contributed by atoms with Crippen molar-refractivity contribution in [1.82, 2.24) is 4.90 Å². The third kappa shape index (κ3) is 3.13. The molecule has 0 bridgehead atoms. The van der Waals surface area contributed by atoms with E-state index in [1.807, 2.05) is 0 Å². The van der Waals surface area contributed by atoms with Crippen molar-refractivity contribution in [2.45, 2.75) is 45.8 Å². The predicted molar refractivity (Wildman–Crippen MR) is 64.2 cm³/mol. The van der Waals surface area contributed by atoms with Gasteiger partial charge in [-0.2, -0.15) is 0 Å². The Labute approximate surface area is 107 Å². The molecule has 104 valence electrons. The van der Waals surface area contributed by atoms with Crippen LogP contribution in [0.2, 0.25) is 0 Å². The number of hydrogen-bond donors (Lipinski definition) is 2. The van der Waals surface area contributed by atoms with Gasteiger partial charge < -0.3 is 19.8 Å². The second-order valence-electron chi connectivity index (χ2n) is 5.93. The van der Waals surface area contributed by atoms with Gasteiger partial charge in [0.25, 0.3) is 0 Å². The van der Waals surface area contributed by atoms with E-state index < -0.39 is 29.2 Å². The molecular weight excluding hydrogens is 238 g/mol. The number of nitrogens with zero attached hydrogens (tertiary/aromatic N) is 1. The highest BCUT2D eigenvalue weighted by atomic mass is 16.6. The first-order valence-electron chi connectivity index (χ1n) is 5.95. The van der Waals surface area contributed by atoms with Gasteiger partial charge >= 0.3 is 12.1 Å². The fourth-order valence-corrected chi connectivity index (χ4v) is 1.87. The molecule has 0 spiro atoms. The van der Waals surface area contributed by atoms with Gasteiger partial charge in [-0.3, -0.25) is 4.79 Å². The van der Waals surface area contributed by atoms with E-state index >= 15 is 0 Å². The monoisotopic (exact) mass is 259 g/mol. The molecule has 1 heterocycles. The Morgan fingerprint density at radius 1 is 1.39 bits per heavy atom. The summed E-state index contributed by atoms with van der Waals surface area (Å²) in [5, 5.41) is 18.9. The zero-order chi connectivity index (χ0) is 14.1. The molecule has 0 saturated carbocycles. The minimum absolute atomic E-state index is 0.0432. The van der Waals surface area contributed by atoms with E-state index in [1.54, 1.807) is 20.8 Å². The average molecular weight is 259 g/mol. The highest BCUT2D eigenvalue weighted by Gasteiger charge is 2.47. The lowest BCUT2D eigenvalue weighted by atomic mass is 9.79. The van der Waals surface area contributed by atoms with Crippen LogP contribution in [0, 0.1) is 5.41 Å². The Hall–Kier alpha value is -1.30. The molecule has 0 aliphatic carbocycles. The van der Waals surface area contributed by atoms with Crippen LogP contribution in [0.15, 0.2) is 0 Å². The van der Waals surface area contributed by atoms with Crippen LogP contribution < -0.4 is 0 Å². The summed E-state index contributed by atoms with van der Waals surface area (Å²) in [7, 11) is 0. The van der Waals surface area contributed by atoms with Gasteiger partial charge in [0, 0.05) is 13.1 Å². The number of aliphatic carboxylic acids is 1. The Balaban J connectivity index is 2.77. The number of carbonyl (C=O) groups is 2. The number of carboxylic acid groups (broad SMARTS) is 1. The molecule has 1 aliphatic rings. The summed E-state index contributed by atoms with van der Waals surface area (Å²) in [4.78, 5) is 24.4. The summed E-state index contributed by atoms with van der Waals surface area (Å²) in [5.74, 6) is -1.11. The zero-order valence-electron chi connectivity index (χ0n) is 11.3. The first-order chi connectivity index (χ1) is 8.06. The van der Waals surface area contributed by atoms with Crippen molar-refractivity contribution < 1.29 is 24.5 Å². The standard InChI is InChI=1S/C12H21NO5/c1-11(2,3)18-10(17)13-6-5-8(14)12(4,7-13)9(15)16/h8,14H,5-7H2,1-4H3,(H,15,16)/t8-,12+/m1/s1. The minimum Gasteiger partial charge on any atom is -0.481 e. The van der Waals surface area contributed by atoms with E-state index in [-0.39, 0.29) is 13.0 Å². The zero-order valence-corrected chi connectivity index (χ0v) is 11.3. The summed E-state index contributed by atoms with van der Waals surface area (Å²) in [6, 6.07) is 0. The molecule has 1 aliphatic heterocycles. The molecule has 0 aromatic carbocycles. The Morgan fingerprint density at radius 3 is 2.39 bits per heavy atom. The van der Waals surface area contributed by atoms with Gasteiger partial charge in [0.15, 0.2) is 0 Å². The molecule has 1 saturated heterocycles. The molecule has 0 radical (unpaired) electrons. The maximum atomic E-state index is 11.9. The van der Waals surface area contributed by atoms with Gasteiger partial charge in [0.05, 0.1) is 6.10 Å². The van der Waals surface area contributed by atoms with Crippen molar-refractivity contribution >= 4 is 12.1 Å². The molecule has 2 N–H and O–H groups in total. The van der Waals surface area contributed by atoms with E-state index in [2.05, 4.69) is 0 Å². The third-order valence-corrected chi connectivity index (χ3v) is 3.07. The molecule has 0 aromatic rings. The molecule has 2 atom stereocenters. The second-order valence-corrected chi connectivity index (χ2v) is 5.93. The van der Waals surface area contributed by atoms with Gasteiger partial charge in [0.1, 0.15) is 11.0 Å². The molecule has 6 nitrogen and oxygen atoms in total. The van der Waals surface area contributed by atoms with Crippen LogP contribution in [0.25, 0.3) is 0 Å². The van der Waals surface area contributed by atoms with Crippen LogP contribution in [0.5, 0.6) is 0 Å². The second kappa shape index (κ2) is 4.76. The van der Waals surface area contributed by atoms with E-state index in [4.69, 9.17) is 9.84 Å². The molecular formula is C12H21NO5. The number of piperidine rings is 1. The average Bonchev–Trinajstić information content (AvgIpc) is 2.19. The number of likely N-dealkylation sites (tertiary alicyclic amines) is 1. The number of aliphatic hydroxyl groups excluding tert-OH is 1. The van der Waals surface area contributed by atoms with Gasteiger partial charge in [-0.25, -0.2) is 4.79 Å². The van der Waals surface area contributed by atoms with Crippen LogP contribution >= 0.6 is 0 Å². The van der Waals surface area contributed by atoms with Gasteiger partial charge in [0.2, 0.25) is 0 Å². The topological polar surface area (TPSA) is 87.1 Å². The first-order valence-corrected chi connectivity index (χ1v) is 5.95. The number of aliphatic hydroxyl groups is 1. The van der Waals surface area contributed by atoms with Crippen LogP contribution in [-0.2, 0) is 9.53 Å². The quantitative estimate of drug-likeness (QED) is 0.735. The number of carbonyl (C=O) groups excluding carboxylic acids is 1. The third-order valence-electron chi connectivity index (χ3n) is 3.07. The van der Waals surface area contributed by atoms with Crippen LogP contribution in [-0.4, -0.2) is 52.0 Å². The van der Waals surface area contributed by atoms with Crippen LogP contribution in [0.1, 0.15) is 34.1 Å². The van der Waals surface area contributed by atoms with Gasteiger partial charge in [-0.15, -0.1) is 0 Å². The number of rotatable bonds is 1. The van der Waals surface area contributed by atoms with Crippen LogP contribution in [0.3, 0.4) is 0 Å². The van der Waals surface area contributed by atoms with Crippen molar-refractivity contribution in [3.8, 4) is 0 Å². The molecule has 18 heavy (non-hydrogen) atoms. The van der Waals surface area contributed by atoms with Crippen molar-refractivity contribution in [2.75, 3.05) is 13.1 Å². The number of ether oxygens (including phenoxy) is 1. The predicted octanol–water partition coefficient (Wildman–Crippen LogP) is 1.08. The summed E-state index contributed by atoms with van der Waals surface area (Å²) < 4.78 is 5.20. The van der Waals surface area contributed by atoms with Gasteiger partial charge in [-0.05, 0) is 34.1 Å². The molecule has 1 amide bonds. The van der Waals surface area contributed by atoms with Crippen molar-refractivity contribution in [3.05, 3.63) is 0 Å². The Morgan fingerprint density at radius 2 is 1.94 bits per heavy atom. The summed E-state index contributed by atoms with van der Waals surface area (Å²) in [6.45, 7) is 6.95. The first kappa shape index (κ1) is 14.8. The smallest absolute Gasteiger partial charge is 0.410 e. The Bertz CT molecular complexity index is 349. The van der Waals surface area contributed by atoms with E-state index in [1.165, 1.54) is 11.8 Å². The molecule has 6 heteroatoms. The lowest BCUT2D eigenvalue weighted by molar-refractivity contribution is -0.160. The van der Waals surface area contributed by atoms with Crippen molar-refractivity contribution in [2.24, 2.45) is 5.41 Å². The van der Waals surface area contributed by atoms with E-state index in [9.17, 15) is 14.7 Å². The highest BCUT2D eigenvalue weighted by Crippen LogP contribution is 2.31. The van der Waals surface area contributed by atoms with Crippen molar-refractivity contribution in [3.63, 3.8) is 0 Å². The lowest BCUT2D eigenvalue weighted by Gasteiger charge is -2.41. The molecule has 1 rings (SSSR count). The molecule has 0 aromatic heterocycles. The minimum atomic E-state index is -1.34. The fraction of sp³-hybridized carbons (Fsp3) is 0.833. The van der Waals surface area contributed by atoms with Crippen molar-refractivity contribution in [1.29, 1.82) is 0 Å². The number of hydrogen-bond acceptors (Lipinski definition) is 4. The normalized spacial score (nSPS) is 28.9. The SMILES string of the molecule is CC(C)(C)OC(=O)N1CC[C@@H](O)[C@@](C)(C(=O)O)C1. The summed E-state index contributed by atoms with van der Waals surface area (Å²) in [5.41, 5.74) is -1.96. The summed E-state index contributed by atoms with van der Waals surface area (Å²) >= 11 is 0. The van der Waals surface area contributed by atoms with Gasteiger partial charge in [-0.1, -0.05) is 0 Å². The number of carboxylic acids is 1. The maximum absolute atomic E-state index is 11.9. The highest BCUT2D eigenvalue weighted by molar-refractivity contribution is 5.77. The molecule has 1 fully saturated rings. The fourth-order valence-electron chi connectivity index (χ4n) is 1.87. The largest absolute Gasteiger partial charge is 0.481 e. The molecule has 0 unspecified atom stereocenters. The van der Waals surface area contributed by atoms with E-state index in [0.29, 0.717) is 6.54 Å². The number of amides is 1. The lowest BCUT2D eigenvalue weighted by Crippen LogP contribution is -2.56. The summed E-state index contributed by atoms with van der Waals surface area (Å²) in [6.07, 6.45) is -1.25.